The van der Waals surface area contributed by atoms with Crippen molar-refractivity contribution in [2.75, 3.05) is 6.61 Å². The van der Waals surface area contributed by atoms with E-state index in [4.69, 9.17) is 9.84 Å². The highest BCUT2D eigenvalue weighted by molar-refractivity contribution is 5.80. The molecule has 1 saturated carbocycles. The number of rotatable bonds is 9. The predicted molar refractivity (Wildman–Crippen MR) is 133 cm³/mol. The van der Waals surface area contributed by atoms with Crippen LogP contribution in [-0.4, -0.2) is 41.8 Å². The molecule has 2 amide bonds. The molecule has 2 aliphatic carbocycles. The van der Waals surface area contributed by atoms with Crippen molar-refractivity contribution in [3.63, 3.8) is 0 Å². The quantitative estimate of drug-likeness (QED) is 0.478. The molecule has 3 atom stereocenters. The number of amides is 2. The molecule has 0 bridgehead atoms. The van der Waals surface area contributed by atoms with Gasteiger partial charge in [0, 0.05) is 24.4 Å². The van der Waals surface area contributed by atoms with E-state index in [1.54, 1.807) is 0 Å². The Kier molecular flexibility index (Phi) is 8.06. The van der Waals surface area contributed by atoms with Gasteiger partial charge in [-0.1, -0.05) is 68.3 Å². The summed E-state index contributed by atoms with van der Waals surface area (Å²) in [5, 5.41) is 15.0. The third kappa shape index (κ3) is 6.02. The summed E-state index contributed by atoms with van der Waals surface area (Å²) in [6, 6.07) is 15.9. The Morgan fingerprint density at radius 1 is 1.00 bits per heavy atom. The lowest BCUT2D eigenvalue weighted by Crippen LogP contribution is -2.45. The summed E-state index contributed by atoms with van der Waals surface area (Å²) >= 11 is 0. The number of hydrogen-bond donors (Lipinski definition) is 3. The number of alkyl carbamates (subject to hydrolysis) is 1. The van der Waals surface area contributed by atoms with Crippen LogP contribution >= 0.6 is 0 Å². The van der Waals surface area contributed by atoms with Gasteiger partial charge in [0.15, 0.2) is 0 Å². The Balaban J connectivity index is 1.30. The number of fused-ring (bicyclic) bond motifs is 3. The Labute approximate surface area is 206 Å². The van der Waals surface area contributed by atoms with E-state index in [2.05, 4.69) is 34.9 Å². The van der Waals surface area contributed by atoms with Gasteiger partial charge in [0.25, 0.3) is 0 Å². The number of hydrogen-bond acceptors (Lipinski definition) is 4. The van der Waals surface area contributed by atoms with Crippen LogP contribution in [0.3, 0.4) is 0 Å². The van der Waals surface area contributed by atoms with Crippen LogP contribution in [0.5, 0.6) is 0 Å². The molecule has 4 rings (SSSR count). The zero-order chi connectivity index (χ0) is 24.8. The van der Waals surface area contributed by atoms with Gasteiger partial charge in [0.2, 0.25) is 5.91 Å². The van der Waals surface area contributed by atoms with Crippen LogP contribution in [0, 0.1) is 5.92 Å². The van der Waals surface area contributed by atoms with Crippen LogP contribution in [0.25, 0.3) is 11.1 Å². The van der Waals surface area contributed by atoms with Crippen LogP contribution in [0.4, 0.5) is 4.79 Å². The number of benzene rings is 2. The van der Waals surface area contributed by atoms with E-state index in [0.29, 0.717) is 6.42 Å². The van der Waals surface area contributed by atoms with Crippen molar-refractivity contribution in [1.82, 2.24) is 10.6 Å². The van der Waals surface area contributed by atoms with E-state index in [-0.39, 0.29) is 49.3 Å². The molecule has 0 aromatic heterocycles. The van der Waals surface area contributed by atoms with Crippen molar-refractivity contribution in [1.29, 1.82) is 0 Å². The van der Waals surface area contributed by atoms with Gasteiger partial charge in [-0.2, -0.15) is 0 Å². The maximum atomic E-state index is 12.7. The molecule has 7 nitrogen and oxygen atoms in total. The van der Waals surface area contributed by atoms with Crippen molar-refractivity contribution < 1.29 is 24.2 Å². The van der Waals surface area contributed by atoms with E-state index in [1.165, 1.54) is 11.1 Å². The topological polar surface area (TPSA) is 105 Å². The fraction of sp³-hybridized carbons (Fsp3) is 0.464. The first-order chi connectivity index (χ1) is 17.0. The van der Waals surface area contributed by atoms with Crippen LogP contribution in [0.15, 0.2) is 48.5 Å². The summed E-state index contributed by atoms with van der Waals surface area (Å²) < 4.78 is 5.62. The lowest BCUT2D eigenvalue weighted by molar-refractivity contribution is -0.139. The standard InChI is InChI=1S/C28H34N2O5/c1-2-19(16-26(31)30-25-14-8-3-9-18(25)15-27(32)33)29-28(34)35-17-24-22-12-6-4-10-20(22)21-11-5-7-13-23(21)24/h4-7,10-13,18-19,24-25H,2-3,8-9,14-17H2,1H3,(H,29,34)(H,30,31)(H,32,33)/t18-,19?,25-/m0/s1. The maximum Gasteiger partial charge on any atom is 0.407 e. The molecule has 0 saturated heterocycles. The molecule has 2 aromatic rings. The number of carbonyl (C=O) groups is 3. The minimum absolute atomic E-state index is 0.0194. The summed E-state index contributed by atoms with van der Waals surface area (Å²) in [5.74, 6) is -1.06. The number of carboxylic acid groups (broad SMARTS) is 1. The number of carbonyl (C=O) groups excluding carboxylic acids is 2. The van der Waals surface area contributed by atoms with Gasteiger partial charge in [0.05, 0.1) is 6.42 Å². The highest BCUT2D eigenvalue weighted by Gasteiger charge is 2.30. The Bertz CT molecular complexity index is 1020. The van der Waals surface area contributed by atoms with E-state index >= 15 is 0 Å². The van der Waals surface area contributed by atoms with Gasteiger partial charge >= 0.3 is 12.1 Å². The second-order valence-electron chi connectivity index (χ2n) is 9.60. The first-order valence-corrected chi connectivity index (χ1v) is 12.6. The van der Waals surface area contributed by atoms with Crippen LogP contribution in [-0.2, 0) is 14.3 Å². The SMILES string of the molecule is CCC(CC(=O)N[C@H]1CCCC[C@H]1CC(=O)O)NC(=O)OCC1c2ccccc2-c2ccccc21. The van der Waals surface area contributed by atoms with Crippen LogP contribution in [0.2, 0.25) is 0 Å². The Hall–Kier alpha value is -3.35. The van der Waals surface area contributed by atoms with Crippen molar-refractivity contribution in [2.45, 2.75) is 69.9 Å². The zero-order valence-corrected chi connectivity index (χ0v) is 20.2. The van der Waals surface area contributed by atoms with E-state index in [1.807, 2.05) is 31.2 Å². The summed E-state index contributed by atoms with van der Waals surface area (Å²) in [4.78, 5) is 36.5. The first-order valence-electron chi connectivity index (χ1n) is 12.6. The molecule has 2 aromatic carbocycles. The van der Waals surface area contributed by atoms with E-state index in [0.717, 1.165) is 36.8 Å². The molecular weight excluding hydrogens is 444 g/mol. The normalized spacial score (nSPS) is 19.8. The number of ether oxygens (including phenoxy) is 1. The van der Waals surface area contributed by atoms with E-state index in [9.17, 15) is 14.4 Å². The zero-order valence-electron chi connectivity index (χ0n) is 20.2. The molecule has 1 fully saturated rings. The van der Waals surface area contributed by atoms with Crippen LogP contribution < -0.4 is 10.6 Å². The molecule has 7 heteroatoms. The highest BCUT2D eigenvalue weighted by Crippen LogP contribution is 2.44. The maximum absolute atomic E-state index is 12.7. The predicted octanol–water partition coefficient (Wildman–Crippen LogP) is 4.84. The van der Waals surface area contributed by atoms with Gasteiger partial charge in [0.1, 0.15) is 6.61 Å². The van der Waals surface area contributed by atoms with Gasteiger partial charge in [-0.3, -0.25) is 9.59 Å². The molecule has 0 radical (unpaired) electrons. The molecule has 3 N–H and O–H groups in total. The number of aliphatic carboxylic acids is 1. The average molecular weight is 479 g/mol. The highest BCUT2D eigenvalue weighted by atomic mass is 16.5. The smallest absolute Gasteiger partial charge is 0.407 e. The largest absolute Gasteiger partial charge is 0.481 e. The first kappa shape index (κ1) is 24.8. The van der Waals surface area contributed by atoms with Crippen molar-refractivity contribution in [2.24, 2.45) is 5.92 Å². The second kappa shape index (κ2) is 11.4. The molecule has 35 heavy (non-hydrogen) atoms. The summed E-state index contributed by atoms with van der Waals surface area (Å²) in [6.07, 6.45) is 3.83. The fourth-order valence-electron chi connectivity index (χ4n) is 5.46. The molecule has 0 heterocycles. The summed E-state index contributed by atoms with van der Waals surface area (Å²) in [6.45, 7) is 2.14. The summed E-state index contributed by atoms with van der Waals surface area (Å²) in [5.41, 5.74) is 4.64. The Morgan fingerprint density at radius 3 is 2.26 bits per heavy atom. The molecule has 1 unspecified atom stereocenters. The van der Waals surface area contributed by atoms with E-state index < -0.39 is 12.1 Å². The molecule has 2 aliphatic rings. The Morgan fingerprint density at radius 2 is 1.63 bits per heavy atom. The van der Waals surface area contributed by atoms with Gasteiger partial charge in [-0.15, -0.1) is 0 Å². The summed E-state index contributed by atoms with van der Waals surface area (Å²) in [7, 11) is 0. The molecule has 0 aliphatic heterocycles. The third-order valence-corrected chi connectivity index (χ3v) is 7.28. The van der Waals surface area contributed by atoms with Crippen LogP contribution in [0.1, 0.15) is 68.9 Å². The molecule has 186 valence electrons. The lowest BCUT2D eigenvalue weighted by Gasteiger charge is -2.31. The minimum atomic E-state index is -0.834. The molecule has 0 spiro atoms. The number of carboxylic acids is 1. The molecular formula is C28H34N2O5. The monoisotopic (exact) mass is 478 g/mol. The second-order valence-corrected chi connectivity index (χ2v) is 9.60. The van der Waals surface area contributed by atoms with Crippen molar-refractivity contribution >= 4 is 18.0 Å². The fourth-order valence-corrected chi connectivity index (χ4v) is 5.46. The van der Waals surface area contributed by atoms with Gasteiger partial charge < -0.3 is 20.5 Å². The third-order valence-electron chi connectivity index (χ3n) is 7.28. The minimum Gasteiger partial charge on any atom is -0.481 e. The van der Waals surface area contributed by atoms with Crippen molar-refractivity contribution in [3.05, 3.63) is 59.7 Å². The van der Waals surface area contributed by atoms with Gasteiger partial charge in [-0.25, -0.2) is 4.79 Å². The number of nitrogens with one attached hydrogen (secondary N) is 2. The van der Waals surface area contributed by atoms with Gasteiger partial charge in [-0.05, 0) is 47.4 Å². The lowest BCUT2D eigenvalue weighted by atomic mass is 9.82. The van der Waals surface area contributed by atoms with Crippen molar-refractivity contribution in [3.8, 4) is 11.1 Å². The average Bonchev–Trinajstić information content (AvgIpc) is 3.17.